The molecule has 0 aliphatic rings. The Balaban J connectivity index is 3.70. The first-order valence-corrected chi connectivity index (χ1v) is 13.1. The van der Waals surface area contributed by atoms with Gasteiger partial charge in [-0.3, -0.25) is 0 Å². The van der Waals surface area contributed by atoms with E-state index in [2.05, 4.69) is 19.1 Å². The molecule has 0 fully saturated rings. The van der Waals surface area contributed by atoms with E-state index in [-0.39, 0.29) is 0 Å². The Hall–Kier alpha value is -0.400. The van der Waals surface area contributed by atoms with E-state index in [1.165, 1.54) is 70.6 Å². The molecule has 0 saturated heterocycles. The lowest BCUT2D eigenvalue weighted by Crippen LogP contribution is -2.53. The lowest BCUT2D eigenvalue weighted by Gasteiger charge is -2.40. The van der Waals surface area contributed by atoms with Crippen molar-refractivity contribution in [2.24, 2.45) is 0 Å². The molecular formula is C24H49NO2P+. The van der Waals surface area contributed by atoms with E-state index in [1.807, 2.05) is 28.1 Å². The van der Waals surface area contributed by atoms with Crippen molar-refractivity contribution in [1.29, 1.82) is 0 Å². The van der Waals surface area contributed by atoms with E-state index in [4.69, 9.17) is 0 Å². The van der Waals surface area contributed by atoms with Crippen molar-refractivity contribution in [3.63, 3.8) is 0 Å². The van der Waals surface area contributed by atoms with Gasteiger partial charge in [-0.25, -0.2) is 9.13 Å². The van der Waals surface area contributed by atoms with Crippen LogP contribution in [0, 0.1) is 0 Å². The topological polar surface area (TPSA) is 34.1 Å². The van der Waals surface area contributed by atoms with Crippen LogP contribution >= 0.6 is 7.68 Å². The van der Waals surface area contributed by atoms with Crippen molar-refractivity contribution in [2.45, 2.75) is 122 Å². The molecule has 0 spiro atoms. The van der Waals surface area contributed by atoms with Crippen LogP contribution in [0.1, 0.15) is 117 Å². The Bertz CT molecular complexity index is 458. The maximum Gasteiger partial charge on any atom is 0.378 e. The molecule has 0 aliphatic heterocycles. The Morgan fingerprint density at radius 2 is 1.11 bits per heavy atom. The lowest BCUT2D eigenvalue weighted by molar-refractivity contribution is -0.908. The zero-order valence-corrected chi connectivity index (χ0v) is 20.6. The molecule has 0 radical (unpaired) electrons. The minimum Gasteiger partial charge on any atom is -0.314 e. The molecule has 0 N–H and O–H groups in total. The molecule has 0 aliphatic carbocycles. The Morgan fingerprint density at radius 1 is 0.679 bits per heavy atom. The average molecular weight is 415 g/mol. The van der Waals surface area contributed by atoms with E-state index < -0.39 is 13.0 Å². The molecule has 1 unspecified atom stereocenters. The molecule has 1 atom stereocenters. The van der Waals surface area contributed by atoms with Gasteiger partial charge in [0.25, 0.3) is 0 Å². The smallest absolute Gasteiger partial charge is 0.314 e. The van der Waals surface area contributed by atoms with E-state index in [0.29, 0.717) is 10.9 Å². The highest BCUT2D eigenvalue weighted by molar-refractivity contribution is 7.32. The molecule has 0 saturated carbocycles. The summed E-state index contributed by atoms with van der Waals surface area (Å²) in [4.78, 5) is 0. The summed E-state index contributed by atoms with van der Waals surface area (Å²) in [5.74, 6) is 0. The molecule has 4 heteroatoms. The van der Waals surface area contributed by atoms with Crippen LogP contribution in [0.5, 0.6) is 0 Å². The van der Waals surface area contributed by atoms with Crippen molar-refractivity contribution in [1.82, 2.24) is 0 Å². The molecule has 0 heterocycles. The van der Waals surface area contributed by atoms with Gasteiger partial charge in [-0.05, 0) is 32.1 Å². The minimum atomic E-state index is -2.43. The number of rotatable bonds is 19. The number of unbranched alkanes of at least 4 members (excludes halogenated alkanes) is 12. The Morgan fingerprint density at radius 3 is 1.50 bits per heavy atom. The van der Waals surface area contributed by atoms with Gasteiger partial charge in [0.2, 0.25) is 5.28 Å². The SMILES string of the molecule is CCCCCCCCCCCCC=CCCCCC(CC)(P(=O)=O)[N+](C)(C)C. The first-order valence-electron chi connectivity index (χ1n) is 11.9. The van der Waals surface area contributed by atoms with Crippen molar-refractivity contribution in [3.05, 3.63) is 12.2 Å². The summed E-state index contributed by atoms with van der Waals surface area (Å²) in [6, 6.07) is 0. The highest BCUT2D eigenvalue weighted by Gasteiger charge is 2.46. The van der Waals surface area contributed by atoms with Gasteiger partial charge in [0.1, 0.15) is 0 Å². The van der Waals surface area contributed by atoms with Crippen molar-refractivity contribution in [2.75, 3.05) is 21.1 Å². The van der Waals surface area contributed by atoms with Crippen molar-refractivity contribution >= 4 is 7.68 Å². The average Bonchev–Trinajstić information content (AvgIpc) is 2.63. The first-order chi connectivity index (χ1) is 13.3. The summed E-state index contributed by atoms with van der Waals surface area (Å²) < 4.78 is 24.3. The third kappa shape index (κ3) is 11.6. The largest absolute Gasteiger partial charge is 0.378 e. The van der Waals surface area contributed by atoms with Gasteiger partial charge in [0.15, 0.2) is 0 Å². The molecule has 0 aromatic heterocycles. The van der Waals surface area contributed by atoms with Crippen LogP contribution in [-0.4, -0.2) is 30.9 Å². The summed E-state index contributed by atoms with van der Waals surface area (Å²) in [7, 11) is 3.58. The highest BCUT2D eigenvalue weighted by Crippen LogP contribution is 2.42. The minimum absolute atomic E-state index is 0.497. The second-order valence-electron chi connectivity index (χ2n) is 9.29. The number of hydrogen-bond acceptors (Lipinski definition) is 2. The van der Waals surface area contributed by atoms with Crippen LogP contribution in [-0.2, 0) is 9.13 Å². The molecule has 166 valence electrons. The van der Waals surface area contributed by atoms with Gasteiger partial charge < -0.3 is 4.48 Å². The molecule has 0 aromatic rings. The van der Waals surface area contributed by atoms with Gasteiger partial charge in [-0.1, -0.05) is 83.8 Å². The molecule has 0 bridgehead atoms. The monoisotopic (exact) mass is 414 g/mol. The van der Waals surface area contributed by atoms with Gasteiger partial charge in [-0.15, -0.1) is 0 Å². The Kier molecular flexibility index (Phi) is 16.2. The quantitative estimate of drug-likeness (QED) is 0.0920. The van der Waals surface area contributed by atoms with Crippen molar-refractivity contribution < 1.29 is 13.6 Å². The van der Waals surface area contributed by atoms with Crippen LogP contribution in [0.2, 0.25) is 0 Å². The summed E-state index contributed by atoms with van der Waals surface area (Å²) in [6.07, 6.45) is 24.3. The van der Waals surface area contributed by atoms with E-state index in [9.17, 15) is 9.13 Å². The predicted octanol–water partition coefficient (Wildman–Crippen LogP) is 8.40. The summed E-state index contributed by atoms with van der Waals surface area (Å²) in [5, 5.41) is -0.616. The maximum atomic E-state index is 11.9. The number of nitrogens with zero attached hydrogens (tertiary/aromatic N) is 1. The van der Waals surface area contributed by atoms with E-state index >= 15 is 0 Å². The second-order valence-corrected chi connectivity index (χ2v) is 10.6. The van der Waals surface area contributed by atoms with Crippen LogP contribution in [0.3, 0.4) is 0 Å². The van der Waals surface area contributed by atoms with Gasteiger partial charge in [-0.2, -0.15) is 0 Å². The predicted molar refractivity (Wildman–Crippen MR) is 123 cm³/mol. The zero-order valence-electron chi connectivity index (χ0n) is 19.7. The van der Waals surface area contributed by atoms with Crippen LogP contribution in [0.4, 0.5) is 0 Å². The fourth-order valence-electron chi connectivity index (χ4n) is 4.11. The highest BCUT2D eigenvalue weighted by atomic mass is 31.1. The summed E-state index contributed by atoms with van der Waals surface area (Å²) in [6.45, 7) is 4.28. The van der Waals surface area contributed by atoms with Gasteiger partial charge in [0, 0.05) is 12.8 Å². The maximum absolute atomic E-state index is 11.9. The molecular weight excluding hydrogens is 365 g/mol. The zero-order chi connectivity index (χ0) is 21.3. The number of allylic oxidation sites excluding steroid dienone is 2. The van der Waals surface area contributed by atoms with Gasteiger partial charge >= 0.3 is 7.68 Å². The fourth-order valence-corrected chi connectivity index (χ4v) is 5.20. The van der Waals surface area contributed by atoms with E-state index in [0.717, 1.165) is 25.7 Å². The third-order valence-electron chi connectivity index (χ3n) is 6.24. The summed E-state index contributed by atoms with van der Waals surface area (Å²) >= 11 is 0. The molecule has 0 amide bonds. The third-order valence-corrected chi connectivity index (χ3v) is 8.06. The normalized spacial score (nSPS) is 14.5. The van der Waals surface area contributed by atoms with E-state index in [1.54, 1.807) is 0 Å². The Labute approximate surface area is 176 Å². The summed E-state index contributed by atoms with van der Waals surface area (Å²) in [5.41, 5.74) is 0. The first kappa shape index (κ1) is 27.6. The van der Waals surface area contributed by atoms with Gasteiger partial charge in [0.05, 0.1) is 21.1 Å². The number of quaternary nitrogens is 1. The molecule has 3 nitrogen and oxygen atoms in total. The molecule has 0 rings (SSSR count). The molecule has 28 heavy (non-hydrogen) atoms. The lowest BCUT2D eigenvalue weighted by atomic mass is 10.0. The van der Waals surface area contributed by atoms with Crippen LogP contribution in [0.15, 0.2) is 12.2 Å². The van der Waals surface area contributed by atoms with Crippen LogP contribution in [0.25, 0.3) is 0 Å². The standard InChI is InChI=1S/C24H49NO2P/c1-6-8-9-10-11-12-13-14-15-16-17-18-19-20-21-22-23-24(7-2,28(26)27)25(3,4)5/h18-19H,6-17,20-23H2,1-5H3/q+1. The number of hydrogen-bond donors (Lipinski definition) is 0. The van der Waals surface area contributed by atoms with Crippen molar-refractivity contribution in [3.8, 4) is 0 Å². The van der Waals surface area contributed by atoms with Crippen LogP contribution < -0.4 is 0 Å². The fraction of sp³-hybridized carbons (Fsp3) is 0.917. The molecule has 0 aromatic carbocycles. The second kappa shape index (κ2) is 16.4.